The number of hydrogen-bond donors (Lipinski definition) is 9. The summed E-state index contributed by atoms with van der Waals surface area (Å²) in [7, 11) is 1.60. The van der Waals surface area contributed by atoms with Gasteiger partial charge in [0.2, 0.25) is 23.7 Å². The summed E-state index contributed by atoms with van der Waals surface area (Å²) in [6.45, 7) is 7.20. The van der Waals surface area contributed by atoms with E-state index in [1.54, 1.807) is 61.0 Å². The molecule has 370 valence electrons. The van der Waals surface area contributed by atoms with Crippen LogP contribution >= 0.6 is 0 Å². The molecule has 22 heteroatoms. The van der Waals surface area contributed by atoms with Crippen molar-refractivity contribution in [1.29, 1.82) is 0 Å². The van der Waals surface area contributed by atoms with E-state index in [1.165, 1.54) is 0 Å². The molecule has 0 radical (unpaired) electrons. The third kappa shape index (κ3) is 15.4. The third-order valence-corrected chi connectivity index (χ3v) is 11.4. The molecule has 22 nitrogen and oxygen atoms in total. The summed E-state index contributed by atoms with van der Waals surface area (Å²) in [5, 5.41) is 18.6. The predicted molar refractivity (Wildman–Crippen MR) is 257 cm³/mol. The number of nitrogens with one attached hydrogen (secondary N) is 5. The predicted octanol–water partition coefficient (Wildman–Crippen LogP) is 3.03. The van der Waals surface area contributed by atoms with E-state index >= 15 is 0 Å². The fourth-order valence-electron chi connectivity index (χ4n) is 7.53. The number of primary amides is 1. The Labute approximate surface area is 396 Å². The largest absolute Gasteiger partial charge is 0.496 e. The van der Waals surface area contributed by atoms with Crippen molar-refractivity contribution in [2.45, 2.75) is 116 Å². The van der Waals surface area contributed by atoms with Gasteiger partial charge in [0, 0.05) is 43.3 Å². The van der Waals surface area contributed by atoms with Crippen LogP contribution in [0.1, 0.15) is 88.8 Å². The lowest BCUT2D eigenvalue weighted by Crippen LogP contribution is -2.54. The molecule has 3 atom stereocenters. The summed E-state index contributed by atoms with van der Waals surface area (Å²) < 4.78 is 18.7. The number of fused-ring (bicyclic) bond motifs is 1. The van der Waals surface area contributed by atoms with Gasteiger partial charge in [-0.1, -0.05) is 51.5 Å². The van der Waals surface area contributed by atoms with Crippen LogP contribution in [-0.4, -0.2) is 112 Å². The van der Waals surface area contributed by atoms with Crippen molar-refractivity contribution in [3.8, 4) is 5.75 Å². The van der Waals surface area contributed by atoms with Gasteiger partial charge >= 0.3 is 12.1 Å². The van der Waals surface area contributed by atoms with E-state index in [0.717, 1.165) is 43.2 Å². The van der Waals surface area contributed by atoms with Crippen LogP contribution in [0.25, 0.3) is 11.0 Å². The fraction of sp³-hybridized carbons (Fsp3) is 0.522. The molecule has 6 amide bonds. The fourth-order valence-corrected chi connectivity index (χ4v) is 7.53. The molecular formula is C46H68N14O8. The molecule has 1 fully saturated rings. The number of ether oxygens (including phenoxy) is 3. The van der Waals surface area contributed by atoms with Crippen LogP contribution in [0.2, 0.25) is 0 Å². The Morgan fingerprint density at radius 1 is 0.971 bits per heavy atom. The number of nitrogens with zero attached hydrogens (tertiary/aromatic N) is 5. The van der Waals surface area contributed by atoms with Crippen LogP contribution in [0.15, 0.2) is 48.7 Å². The summed E-state index contributed by atoms with van der Waals surface area (Å²) in [4.78, 5) is 75.1. The van der Waals surface area contributed by atoms with E-state index in [-0.39, 0.29) is 62.6 Å². The molecule has 0 saturated heterocycles. The van der Waals surface area contributed by atoms with Gasteiger partial charge in [0.25, 0.3) is 0 Å². The van der Waals surface area contributed by atoms with Gasteiger partial charge in [0.15, 0.2) is 5.82 Å². The van der Waals surface area contributed by atoms with E-state index in [4.69, 9.17) is 37.1 Å². The lowest BCUT2D eigenvalue weighted by Gasteiger charge is -2.37. The molecule has 68 heavy (non-hydrogen) atoms. The van der Waals surface area contributed by atoms with Gasteiger partial charge < -0.3 is 68.6 Å². The second-order valence-electron chi connectivity index (χ2n) is 17.0. The van der Waals surface area contributed by atoms with Crippen molar-refractivity contribution in [2.24, 2.45) is 23.1 Å². The summed E-state index contributed by atoms with van der Waals surface area (Å²) in [6.07, 6.45) is 5.72. The van der Waals surface area contributed by atoms with E-state index in [1.807, 2.05) is 18.2 Å². The minimum atomic E-state index is -1.02. The van der Waals surface area contributed by atoms with Crippen LogP contribution in [0, 0.1) is 5.92 Å². The van der Waals surface area contributed by atoms with Crippen LogP contribution in [-0.2, 0) is 43.6 Å². The molecule has 1 saturated carbocycles. The number of nitrogens with two attached hydrogens (primary N) is 4. The molecule has 2 aromatic heterocycles. The molecule has 0 bridgehead atoms. The maximum absolute atomic E-state index is 13.7. The van der Waals surface area contributed by atoms with E-state index in [0.29, 0.717) is 66.5 Å². The Morgan fingerprint density at radius 2 is 1.72 bits per heavy atom. The summed E-state index contributed by atoms with van der Waals surface area (Å²) in [5.74, 6) is -0.502. The van der Waals surface area contributed by atoms with Crippen LogP contribution in [0.3, 0.4) is 0 Å². The Bertz CT molecular complexity index is 2310. The number of amides is 6. The lowest BCUT2D eigenvalue weighted by atomic mass is 9.91. The number of carbonyl (C=O) groups is 5. The quantitative estimate of drug-likeness (QED) is 0.0307. The Hall–Kier alpha value is -6.78. The number of carbonyl (C=O) groups excluding carboxylic acids is 5. The van der Waals surface area contributed by atoms with E-state index in [2.05, 4.69) is 48.6 Å². The number of hydrogen-bond acceptors (Lipinski definition) is 15. The zero-order valence-corrected chi connectivity index (χ0v) is 39.4. The number of rotatable bonds is 27. The van der Waals surface area contributed by atoms with Crippen LogP contribution in [0.4, 0.5) is 27.0 Å². The molecular weight excluding hydrogens is 877 g/mol. The molecule has 1 aliphatic carbocycles. The molecule has 0 spiro atoms. The first-order valence-electron chi connectivity index (χ1n) is 23.1. The average Bonchev–Trinajstić information content (AvgIpc) is 3.69. The maximum Gasteiger partial charge on any atom is 0.410 e. The molecule has 2 heterocycles. The first-order chi connectivity index (χ1) is 32.7. The Balaban J connectivity index is 1.20. The minimum Gasteiger partial charge on any atom is -0.496 e. The van der Waals surface area contributed by atoms with Gasteiger partial charge in [-0.25, -0.2) is 14.6 Å². The van der Waals surface area contributed by atoms with Crippen LogP contribution < -0.4 is 54.3 Å². The normalized spacial score (nSPS) is 13.8. The van der Waals surface area contributed by atoms with Crippen molar-refractivity contribution < 1.29 is 38.2 Å². The lowest BCUT2D eigenvalue weighted by molar-refractivity contribution is -0.132. The highest BCUT2D eigenvalue weighted by atomic mass is 16.6. The first kappa shape index (κ1) is 52.2. The number of methoxy groups -OCH3 is 1. The van der Waals surface area contributed by atoms with Crippen LogP contribution in [0.5, 0.6) is 5.75 Å². The average molecular weight is 945 g/mol. The minimum absolute atomic E-state index is 0.0150. The molecule has 0 aliphatic heterocycles. The zero-order valence-electron chi connectivity index (χ0n) is 39.4. The number of urea groups is 1. The zero-order chi connectivity index (χ0) is 49.2. The number of benzene rings is 2. The number of aromatic nitrogens is 4. The van der Waals surface area contributed by atoms with Gasteiger partial charge in [-0.3, -0.25) is 19.1 Å². The summed E-state index contributed by atoms with van der Waals surface area (Å²) in [6, 6.07) is 9.98. The molecule has 4 aromatic rings. The Morgan fingerprint density at radius 3 is 2.38 bits per heavy atom. The summed E-state index contributed by atoms with van der Waals surface area (Å²) in [5.41, 5.74) is 27.0. The topological polar surface area (TPSA) is 324 Å². The molecule has 1 unspecified atom stereocenters. The smallest absolute Gasteiger partial charge is 0.410 e. The number of nitrogen functional groups attached to an aromatic ring is 1. The maximum atomic E-state index is 13.7. The van der Waals surface area contributed by atoms with Crippen molar-refractivity contribution in [2.75, 3.05) is 49.8 Å². The van der Waals surface area contributed by atoms with E-state index in [9.17, 15) is 24.0 Å². The van der Waals surface area contributed by atoms with Gasteiger partial charge in [-0.05, 0) is 73.8 Å². The van der Waals surface area contributed by atoms with Crippen molar-refractivity contribution in [3.05, 3.63) is 65.4 Å². The first-order valence-corrected chi connectivity index (χ1v) is 23.1. The van der Waals surface area contributed by atoms with Gasteiger partial charge in [-0.2, -0.15) is 10.1 Å². The highest BCUT2D eigenvalue weighted by Gasteiger charge is 2.31. The molecule has 13 N–H and O–H groups in total. The van der Waals surface area contributed by atoms with E-state index < -0.39 is 36.0 Å². The monoisotopic (exact) mass is 945 g/mol. The molecule has 1 aliphatic rings. The highest BCUT2D eigenvalue weighted by molar-refractivity contribution is 5.98. The van der Waals surface area contributed by atoms with Crippen molar-refractivity contribution >= 4 is 58.3 Å². The van der Waals surface area contributed by atoms with Gasteiger partial charge in [-0.15, -0.1) is 0 Å². The Kier molecular flexibility index (Phi) is 19.9. The third-order valence-electron chi connectivity index (χ3n) is 11.4. The van der Waals surface area contributed by atoms with Gasteiger partial charge in [0.1, 0.15) is 35.5 Å². The SMILES string of the molecule is CCCC(N)Nc1nc(N)nc2cnn(Cc3ccc(CN(C(=O)OCc4ccc(NC(=O)[C@H](CCCNC(N)=O)NC(=O)[C@H](NC(=O)CCOCCN)C(C)C)cc4)C4CCC4)cc3OC)c12. The standard InChI is InChI=1S/C46H68N14O8/c1-5-8-37(48)56-41-40-35(55-44(49)58-41)24-52-60(40)26-31-15-12-30(23-36(31)66-4)25-59(33-9-6-10-33)46(65)68-27-29-13-16-32(17-14-29)53-42(62)34(11-7-20-51-45(50)64)54-43(63)39(28(2)3)57-38(61)18-21-67-22-19-47/h12-17,23-24,28,33-34,37,39H,5-11,18-22,25-27,47-48H2,1-4H3,(H,53,62)(H,54,63)(H,57,61)(H3,50,51,64)(H3,49,55,56,58)/t34-,37?,39+/m0/s1. The second-order valence-corrected chi connectivity index (χ2v) is 17.0. The summed E-state index contributed by atoms with van der Waals surface area (Å²) >= 11 is 0. The number of anilines is 3. The second kappa shape index (κ2) is 25.9. The molecule has 2 aromatic carbocycles. The molecule has 5 rings (SSSR count). The van der Waals surface area contributed by atoms with Gasteiger partial charge in [0.05, 0.1) is 39.2 Å². The van der Waals surface area contributed by atoms with Crippen molar-refractivity contribution in [3.63, 3.8) is 0 Å². The highest BCUT2D eigenvalue weighted by Crippen LogP contribution is 2.30. The van der Waals surface area contributed by atoms with Crippen molar-refractivity contribution in [1.82, 2.24) is 40.6 Å².